The molecule has 0 spiro atoms. The van der Waals surface area contributed by atoms with Crippen LogP contribution >= 0.6 is 0 Å². The van der Waals surface area contributed by atoms with E-state index < -0.39 is 0 Å². The summed E-state index contributed by atoms with van der Waals surface area (Å²) in [5, 5.41) is 8.70. The fourth-order valence-corrected chi connectivity index (χ4v) is 1.78. The largest absolute Gasteiger partial charge is 0.396 e. The minimum Gasteiger partial charge on any atom is -0.396 e. The molecule has 0 saturated carbocycles. The van der Waals surface area contributed by atoms with E-state index in [1.807, 2.05) is 0 Å². The first-order valence-corrected chi connectivity index (χ1v) is 4.77. The van der Waals surface area contributed by atoms with Gasteiger partial charge in [-0.15, -0.1) is 0 Å². The molecule has 1 aliphatic heterocycles. The van der Waals surface area contributed by atoms with E-state index in [0.717, 1.165) is 32.6 Å². The summed E-state index contributed by atoms with van der Waals surface area (Å²) in [6.07, 6.45) is 0.911. The second-order valence-corrected chi connectivity index (χ2v) is 3.72. The molecular weight excluding hydrogens is 152 g/mol. The molecule has 0 amide bonds. The minimum absolute atomic E-state index is 0.319. The average Bonchev–Trinajstić information content (AvgIpc) is 2.03. The van der Waals surface area contributed by atoms with Crippen LogP contribution in [0.5, 0.6) is 0 Å². The Kier molecular flexibility index (Phi) is 3.98. The van der Waals surface area contributed by atoms with Crippen LogP contribution < -0.4 is 0 Å². The molecule has 0 radical (unpaired) electrons. The zero-order chi connectivity index (χ0) is 8.97. The van der Waals surface area contributed by atoms with Crippen LogP contribution in [0, 0.1) is 0 Å². The van der Waals surface area contributed by atoms with E-state index >= 15 is 0 Å². The van der Waals surface area contributed by atoms with Crippen LogP contribution in [0.1, 0.15) is 13.3 Å². The van der Waals surface area contributed by atoms with Gasteiger partial charge in [-0.3, -0.25) is 4.90 Å². The summed E-state index contributed by atoms with van der Waals surface area (Å²) in [5.41, 5.74) is 0. The Morgan fingerprint density at radius 3 is 2.75 bits per heavy atom. The Morgan fingerprint density at radius 2 is 2.17 bits per heavy atom. The number of aliphatic hydroxyl groups excluding tert-OH is 1. The van der Waals surface area contributed by atoms with Gasteiger partial charge < -0.3 is 10.0 Å². The first-order valence-electron chi connectivity index (χ1n) is 4.77. The highest BCUT2D eigenvalue weighted by atomic mass is 16.3. The van der Waals surface area contributed by atoms with Crippen LogP contribution in [0.4, 0.5) is 0 Å². The molecule has 1 rings (SSSR count). The maximum absolute atomic E-state index is 8.70. The van der Waals surface area contributed by atoms with Gasteiger partial charge in [-0.05, 0) is 20.4 Å². The highest BCUT2D eigenvalue weighted by Gasteiger charge is 2.20. The molecule has 3 heteroatoms. The van der Waals surface area contributed by atoms with Gasteiger partial charge in [-0.1, -0.05) is 0 Å². The predicted octanol–water partition coefficient (Wildman–Crippen LogP) is 0.00470. The van der Waals surface area contributed by atoms with E-state index in [2.05, 4.69) is 23.8 Å². The normalized spacial score (nSPS) is 27.8. The Morgan fingerprint density at radius 1 is 1.42 bits per heavy atom. The van der Waals surface area contributed by atoms with Crippen molar-refractivity contribution in [2.24, 2.45) is 0 Å². The van der Waals surface area contributed by atoms with Gasteiger partial charge in [0.1, 0.15) is 0 Å². The topological polar surface area (TPSA) is 26.7 Å². The van der Waals surface area contributed by atoms with Crippen LogP contribution in [-0.4, -0.2) is 60.8 Å². The molecule has 3 nitrogen and oxygen atoms in total. The number of hydrogen-bond donors (Lipinski definition) is 1. The lowest BCUT2D eigenvalue weighted by Gasteiger charge is -2.38. The molecule has 72 valence electrons. The Balaban J connectivity index is 2.25. The molecular formula is C9H20N2O. The summed E-state index contributed by atoms with van der Waals surface area (Å²) < 4.78 is 0. The SMILES string of the molecule is CC1CN(C)CCN1CCCO. The molecule has 12 heavy (non-hydrogen) atoms. The summed E-state index contributed by atoms with van der Waals surface area (Å²) in [4.78, 5) is 4.82. The quantitative estimate of drug-likeness (QED) is 0.649. The Labute approximate surface area is 75.0 Å². The van der Waals surface area contributed by atoms with Gasteiger partial charge in [-0.25, -0.2) is 0 Å². The van der Waals surface area contributed by atoms with Gasteiger partial charge >= 0.3 is 0 Å². The lowest BCUT2D eigenvalue weighted by Crippen LogP contribution is -2.50. The van der Waals surface area contributed by atoms with E-state index in [0.29, 0.717) is 12.6 Å². The Bertz CT molecular complexity index is 128. The van der Waals surface area contributed by atoms with Crippen molar-refractivity contribution in [1.29, 1.82) is 0 Å². The van der Waals surface area contributed by atoms with Gasteiger partial charge in [0.15, 0.2) is 0 Å². The molecule has 1 atom stereocenters. The standard InChI is InChI=1S/C9H20N2O/c1-9-8-10(2)5-6-11(9)4-3-7-12/h9,12H,3-8H2,1-2H3. The summed E-state index contributed by atoms with van der Waals surface area (Å²) >= 11 is 0. The Hall–Kier alpha value is -0.120. The van der Waals surface area contributed by atoms with Gasteiger partial charge in [0.2, 0.25) is 0 Å². The van der Waals surface area contributed by atoms with Crippen molar-refractivity contribution in [3.8, 4) is 0 Å². The number of likely N-dealkylation sites (N-methyl/N-ethyl adjacent to an activating group) is 1. The molecule has 0 aliphatic carbocycles. The summed E-state index contributed by atoms with van der Waals surface area (Å²) in [5.74, 6) is 0. The van der Waals surface area contributed by atoms with Crippen molar-refractivity contribution in [3.63, 3.8) is 0 Å². The molecule has 1 saturated heterocycles. The predicted molar refractivity (Wildman–Crippen MR) is 50.2 cm³/mol. The number of rotatable bonds is 3. The van der Waals surface area contributed by atoms with E-state index in [9.17, 15) is 0 Å². The van der Waals surface area contributed by atoms with E-state index in [4.69, 9.17) is 5.11 Å². The van der Waals surface area contributed by atoms with Crippen molar-refractivity contribution in [2.75, 3.05) is 39.8 Å². The minimum atomic E-state index is 0.319. The molecule has 1 heterocycles. The molecule has 1 fully saturated rings. The second kappa shape index (κ2) is 4.80. The lowest BCUT2D eigenvalue weighted by atomic mass is 10.2. The van der Waals surface area contributed by atoms with Gasteiger partial charge in [0.25, 0.3) is 0 Å². The average molecular weight is 172 g/mol. The summed E-state index contributed by atoms with van der Waals surface area (Å²) in [6, 6.07) is 0.648. The lowest BCUT2D eigenvalue weighted by molar-refractivity contribution is 0.0932. The molecule has 0 bridgehead atoms. The number of nitrogens with zero attached hydrogens (tertiary/aromatic N) is 2. The van der Waals surface area contributed by atoms with E-state index in [-0.39, 0.29) is 0 Å². The number of aliphatic hydroxyl groups is 1. The zero-order valence-corrected chi connectivity index (χ0v) is 8.16. The fraction of sp³-hybridized carbons (Fsp3) is 1.00. The monoisotopic (exact) mass is 172 g/mol. The van der Waals surface area contributed by atoms with Crippen molar-refractivity contribution in [2.45, 2.75) is 19.4 Å². The van der Waals surface area contributed by atoms with Crippen LogP contribution in [0.25, 0.3) is 0 Å². The van der Waals surface area contributed by atoms with Crippen molar-refractivity contribution in [1.82, 2.24) is 9.80 Å². The molecule has 1 unspecified atom stereocenters. The molecule has 0 aromatic heterocycles. The van der Waals surface area contributed by atoms with Crippen LogP contribution in [-0.2, 0) is 0 Å². The highest BCUT2D eigenvalue weighted by Crippen LogP contribution is 2.07. The molecule has 0 aromatic rings. The van der Waals surface area contributed by atoms with E-state index in [1.165, 1.54) is 0 Å². The maximum atomic E-state index is 8.70. The number of hydrogen-bond acceptors (Lipinski definition) is 3. The summed E-state index contributed by atoms with van der Waals surface area (Å²) in [6.45, 7) is 7.09. The molecule has 0 aromatic carbocycles. The fourth-order valence-electron chi connectivity index (χ4n) is 1.78. The third kappa shape index (κ3) is 2.73. The molecule has 1 aliphatic rings. The highest BCUT2D eigenvalue weighted by molar-refractivity contribution is 4.76. The third-order valence-electron chi connectivity index (χ3n) is 2.57. The van der Waals surface area contributed by atoms with Crippen LogP contribution in [0.2, 0.25) is 0 Å². The number of piperazine rings is 1. The molecule has 1 N–H and O–H groups in total. The van der Waals surface area contributed by atoms with Crippen LogP contribution in [0.15, 0.2) is 0 Å². The first-order chi connectivity index (χ1) is 5.74. The van der Waals surface area contributed by atoms with Crippen molar-refractivity contribution < 1.29 is 5.11 Å². The van der Waals surface area contributed by atoms with Crippen molar-refractivity contribution >= 4 is 0 Å². The smallest absolute Gasteiger partial charge is 0.0443 e. The second-order valence-electron chi connectivity index (χ2n) is 3.72. The van der Waals surface area contributed by atoms with Gasteiger partial charge in [-0.2, -0.15) is 0 Å². The summed E-state index contributed by atoms with van der Waals surface area (Å²) in [7, 11) is 2.17. The third-order valence-corrected chi connectivity index (χ3v) is 2.57. The zero-order valence-electron chi connectivity index (χ0n) is 8.16. The van der Waals surface area contributed by atoms with Gasteiger partial charge in [0, 0.05) is 38.8 Å². The van der Waals surface area contributed by atoms with E-state index in [1.54, 1.807) is 0 Å². The van der Waals surface area contributed by atoms with Crippen molar-refractivity contribution in [3.05, 3.63) is 0 Å². The van der Waals surface area contributed by atoms with Crippen LogP contribution in [0.3, 0.4) is 0 Å². The van der Waals surface area contributed by atoms with Gasteiger partial charge in [0.05, 0.1) is 0 Å². The first kappa shape index (κ1) is 9.96. The maximum Gasteiger partial charge on any atom is 0.0443 e.